The zero-order chi connectivity index (χ0) is 14.8. The Bertz CT molecular complexity index is 687. The van der Waals surface area contributed by atoms with E-state index in [1.807, 2.05) is 24.3 Å². The number of hydrogen-bond donors (Lipinski definition) is 1. The normalized spacial score (nSPS) is 13.4. The van der Waals surface area contributed by atoms with E-state index < -0.39 is 4.92 Å². The minimum absolute atomic E-state index is 0.0553. The van der Waals surface area contributed by atoms with Crippen LogP contribution in [0.3, 0.4) is 0 Å². The Balaban J connectivity index is 1.87. The summed E-state index contributed by atoms with van der Waals surface area (Å²) >= 11 is 2.24. The molecule has 0 bridgehead atoms. The minimum atomic E-state index is -0.422. The average molecular weight is 395 g/mol. The molecular weight excluding hydrogens is 385 g/mol. The van der Waals surface area contributed by atoms with Gasteiger partial charge in [-0.3, -0.25) is 15.5 Å². The summed E-state index contributed by atoms with van der Waals surface area (Å²) in [5.41, 5.74) is 4.67. The Morgan fingerprint density at radius 2 is 1.67 bits per heavy atom. The van der Waals surface area contributed by atoms with Crippen molar-refractivity contribution >= 4 is 46.0 Å². The molecule has 1 aliphatic rings. The first-order valence-electron chi connectivity index (χ1n) is 6.04. The van der Waals surface area contributed by atoms with E-state index in [4.69, 9.17) is 0 Å². The first-order chi connectivity index (χ1) is 10.1. The maximum absolute atomic E-state index is 10.7. The average Bonchev–Trinajstić information content (AvgIpc) is 2.97. The van der Waals surface area contributed by atoms with Crippen LogP contribution in [-0.4, -0.2) is 11.3 Å². The lowest BCUT2D eigenvalue weighted by atomic mass is 10.3. The second kappa shape index (κ2) is 5.56. The molecule has 0 saturated heterocycles. The lowest BCUT2D eigenvalue weighted by molar-refractivity contribution is -0.384. The van der Waals surface area contributed by atoms with Crippen LogP contribution in [0.4, 0.5) is 17.1 Å². The Hall–Kier alpha value is -2.36. The molecule has 0 amide bonds. The van der Waals surface area contributed by atoms with Gasteiger partial charge in [-0.2, -0.15) is 10.2 Å². The van der Waals surface area contributed by atoms with Gasteiger partial charge in [0.15, 0.2) is 0 Å². The quantitative estimate of drug-likeness (QED) is 0.492. The Morgan fingerprint density at radius 3 is 2.29 bits per heavy atom. The maximum atomic E-state index is 10.7. The molecule has 106 valence electrons. The van der Waals surface area contributed by atoms with Crippen LogP contribution in [0.1, 0.15) is 0 Å². The first-order valence-corrected chi connectivity index (χ1v) is 7.12. The lowest BCUT2D eigenvalue weighted by Gasteiger charge is -2.27. The third kappa shape index (κ3) is 2.75. The van der Waals surface area contributed by atoms with Gasteiger partial charge in [-0.15, -0.1) is 5.10 Å². The predicted octanol–water partition coefficient (Wildman–Crippen LogP) is 2.89. The number of nitro benzene ring substituents is 1. The smallest absolute Gasteiger partial charge is 0.265 e. The fraction of sp³-hybridized carbons (Fsp3) is 0. The van der Waals surface area contributed by atoms with Crippen LogP contribution in [0.15, 0.2) is 53.6 Å². The fourth-order valence-electron chi connectivity index (χ4n) is 1.90. The van der Waals surface area contributed by atoms with Crippen molar-refractivity contribution in [2.75, 3.05) is 10.2 Å². The van der Waals surface area contributed by atoms with E-state index in [-0.39, 0.29) is 5.69 Å². The van der Waals surface area contributed by atoms with Gasteiger partial charge in [0.25, 0.3) is 5.69 Å². The van der Waals surface area contributed by atoms with Crippen LogP contribution in [0.5, 0.6) is 0 Å². The highest BCUT2D eigenvalue weighted by Gasteiger charge is 2.20. The number of rotatable bonds is 3. The number of anilines is 2. The highest BCUT2D eigenvalue weighted by molar-refractivity contribution is 14.1. The molecule has 2 aromatic carbocycles. The van der Waals surface area contributed by atoms with Gasteiger partial charge in [-0.1, -0.05) is 0 Å². The highest BCUT2D eigenvalue weighted by Crippen LogP contribution is 2.25. The molecule has 21 heavy (non-hydrogen) atoms. The van der Waals surface area contributed by atoms with Gasteiger partial charge in [-0.25, -0.2) is 0 Å². The van der Waals surface area contributed by atoms with Gasteiger partial charge in [-0.05, 0) is 59.0 Å². The number of hydrazone groups is 1. The molecule has 0 saturated carbocycles. The number of benzene rings is 2. The van der Waals surface area contributed by atoms with E-state index in [1.54, 1.807) is 28.7 Å². The molecule has 1 N–H and O–H groups in total. The standard InChI is InChI=1S/C13H10IN5O2/c14-10-1-3-11(4-2-10)17-15-9-16-18(17)12-5-7-13(8-6-12)19(20)21/h1-9H,(H,15,16). The van der Waals surface area contributed by atoms with Crippen LogP contribution in [-0.2, 0) is 0 Å². The molecule has 0 fully saturated rings. The second-order valence-corrected chi connectivity index (χ2v) is 5.47. The molecule has 0 radical (unpaired) electrons. The largest absolute Gasteiger partial charge is 0.269 e. The molecule has 0 aliphatic carbocycles. The van der Waals surface area contributed by atoms with Crippen molar-refractivity contribution in [2.45, 2.75) is 0 Å². The van der Waals surface area contributed by atoms with Crippen molar-refractivity contribution in [1.82, 2.24) is 5.43 Å². The molecule has 2 aromatic rings. The van der Waals surface area contributed by atoms with Gasteiger partial charge in [0.2, 0.25) is 0 Å². The maximum Gasteiger partial charge on any atom is 0.269 e. The zero-order valence-corrected chi connectivity index (χ0v) is 12.8. The van der Waals surface area contributed by atoms with E-state index >= 15 is 0 Å². The number of hydrazine groups is 2. The molecule has 0 unspecified atom stereocenters. The molecule has 8 heteroatoms. The van der Waals surface area contributed by atoms with E-state index in [1.165, 1.54) is 12.1 Å². The number of nitrogens with one attached hydrogen (secondary N) is 1. The summed E-state index contributed by atoms with van der Waals surface area (Å²) in [4.78, 5) is 10.3. The van der Waals surface area contributed by atoms with Gasteiger partial charge >= 0.3 is 0 Å². The minimum Gasteiger partial charge on any atom is -0.265 e. The van der Waals surface area contributed by atoms with Gasteiger partial charge in [0, 0.05) is 15.7 Å². The number of non-ortho nitro benzene ring substituents is 1. The molecular formula is C13H10IN5O2. The Morgan fingerprint density at radius 1 is 1.05 bits per heavy atom. The first kappa shape index (κ1) is 13.6. The molecule has 3 rings (SSSR count). The van der Waals surface area contributed by atoms with Gasteiger partial charge in [0.05, 0.1) is 16.3 Å². The van der Waals surface area contributed by atoms with Crippen molar-refractivity contribution in [2.24, 2.45) is 5.10 Å². The lowest BCUT2D eigenvalue weighted by Crippen LogP contribution is -2.42. The number of nitrogens with zero attached hydrogens (tertiary/aromatic N) is 4. The topological polar surface area (TPSA) is 74.0 Å². The molecule has 1 aliphatic heterocycles. The Kier molecular flexibility index (Phi) is 3.60. The van der Waals surface area contributed by atoms with Gasteiger partial charge < -0.3 is 0 Å². The number of halogens is 1. The van der Waals surface area contributed by atoms with Crippen LogP contribution >= 0.6 is 22.6 Å². The second-order valence-electron chi connectivity index (χ2n) is 4.22. The Labute approximate surface area is 134 Å². The third-order valence-corrected chi connectivity index (χ3v) is 3.62. The summed E-state index contributed by atoms with van der Waals surface area (Å²) in [6.45, 7) is 0. The fourth-order valence-corrected chi connectivity index (χ4v) is 2.26. The van der Waals surface area contributed by atoms with Gasteiger partial charge in [0.1, 0.15) is 6.34 Å². The van der Waals surface area contributed by atoms with Crippen LogP contribution < -0.4 is 15.7 Å². The van der Waals surface area contributed by atoms with Crippen molar-refractivity contribution in [1.29, 1.82) is 0 Å². The zero-order valence-electron chi connectivity index (χ0n) is 10.7. The van der Waals surface area contributed by atoms with Crippen LogP contribution in [0, 0.1) is 13.7 Å². The molecule has 7 nitrogen and oxygen atoms in total. The van der Waals surface area contributed by atoms with Crippen molar-refractivity contribution in [3.63, 3.8) is 0 Å². The summed E-state index contributed by atoms with van der Waals surface area (Å²) in [5.74, 6) is 0. The summed E-state index contributed by atoms with van der Waals surface area (Å²) in [5, 5.41) is 18.3. The van der Waals surface area contributed by atoms with E-state index in [0.717, 1.165) is 14.9 Å². The number of hydrogen-bond acceptors (Lipinski definition) is 6. The van der Waals surface area contributed by atoms with E-state index in [0.29, 0.717) is 0 Å². The summed E-state index contributed by atoms with van der Waals surface area (Å²) in [6, 6.07) is 14.1. The van der Waals surface area contributed by atoms with Crippen molar-refractivity contribution in [3.8, 4) is 0 Å². The van der Waals surface area contributed by atoms with E-state index in [9.17, 15) is 10.1 Å². The monoisotopic (exact) mass is 395 g/mol. The summed E-state index contributed by atoms with van der Waals surface area (Å²) in [7, 11) is 0. The summed E-state index contributed by atoms with van der Waals surface area (Å²) < 4.78 is 1.13. The predicted molar refractivity (Wildman–Crippen MR) is 88.8 cm³/mol. The SMILES string of the molecule is O=[N+]([O-])c1ccc(N2NC=NN2c2ccc(I)cc2)cc1. The van der Waals surface area contributed by atoms with Crippen LogP contribution in [0.2, 0.25) is 0 Å². The molecule has 0 aromatic heterocycles. The molecule has 1 heterocycles. The third-order valence-electron chi connectivity index (χ3n) is 2.90. The molecule has 0 atom stereocenters. The molecule has 0 spiro atoms. The van der Waals surface area contributed by atoms with E-state index in [2.05, 4.69) is 33.1 Å². The highest BCUT2D eigenvalue weighted by atomic mass is 127. The van der Waals surface area contributed by atoms with Crippen molar-refractivity contribution in [3.05, 3.63) is 62.2 Å². The van der Waals surface area contributed by atoms with Crippen LogP contribution in [0.25, 0.3) is 0 Å². The number of nitro groups is 1. The summed E-state index contributed by atoms with van der Waals surface area (Å²) in [6.07, 6.45) is 1.55. The van der Waals surface area contributed by atoms with Crippen molar-refractivity contribution < 1.29 is 4.92 Å².